The van der Waals surface area contributed by atoms with E-state index in [1.165, 1.54) is 0 Å². The predicted molar refractivity (Wildman–Crippen MR) is 100 cm³/mol. The summed E-state index contributed by atoms with van der Waals surface area (Å²) in [5.74, 6) is 1.57. The van der Waals surface area contributed by atoms with Gasteiger partial charge in [-0.05, 0) is 48.1 Å². The number of ether oxygens (including phenoxy) is 2. The van der Waals surface area contributed by atoms with Gasteiger partial charge in [0.15, 0.2) is 0 Å². The van der Waals surface area contributed by atoms with Crippen molar-refractivity contribution in [1.82, 2.24) is 0 Å². The van der Waals surface area contributed by atoms with E-state index in [2.05, 4.69) is 13.8 Å². The number of hydrogen-bond acceptors (Lipinski definition) is 3. The SMILES string of the molecule is CC(C)CCOc1ccc(C(=O)Oc2cccc3ccccc23)cc1. The van der Waals surface area contributed by atoms with Crippen molar-refractivity contribution >= 4 is 16.7 Å². The Labute approximate surface area is 148 Å². The molecule has 0 spiro atoms. The van der Waals surface area contributed by atoms with Gasteiger partial charge >= 0.3 is 5.97 Å². The quantitative estimate of drug-likeness (QED) is 0.442. The fourth-order valence-corrected chi connectivity index (χ4v) is 2.54. The molecule has 0 heterocycles. The van der Waals surface area contributed by atoms with Gasteiger partial charge in [0, 0.05) is 5.39 Å². The van der Waals surface area contributed by atoms with E-state index < -0.39 is 0 Å². The van der Waals surface area contributed by atoms with Crippen molar-refractivity contribution in [3.63, 3.8) is 0 Å². The minimum atomic E-state index is -0.370. The van der Waals surface area contributed by atoms with Crippen molar-refractivity contribution in [2.45, 2.75) is 20.3 Å². The molecule has 0 amide bonds. The van der Waals surface area contributed by atoms with E-state index in [-0.39, 0.29) is 5.97 Å². The van der Waals surface area contributed by atoms with Crippen LogP contribution in [0, 0.1) is 5.92 Å². The summed E-state index contributed by atoms with van der Waals surface area (Å²) in [6.45, 7) is 5.00. The highest BCUT2D eigenvalue weighted by Gasteiger charge is 2.11. The molecular formula is C22H22O3. The molecule has 0 saturated carbocycles. The molecule has 0 bridgehead atoms. The predicted octanol–water partition coefficient (Wildman–Crippen LogP) is 5.48. The molecule has 3 aromatic rings. The molecule has 0 radical (unpaired) electrons. The van der Waals surface area contributed by atoms with Gasteiger partial charge in [0.1, 0.15) is 11.5 Å². The summed E-state index contributed by atoms with van der Waals surface area (Å²) in [5, 5.41) is 1.97. The number of esters is 1. The van der Waals surface area contributed by atoms with E-state index in [0.717, 1.165) is 22.9 Å². The molecule has 0 atom stereocenters. The first kappa shape index (κ1) is 17.0. The average Bonchev–Trinajstić information content (AvgIpc) is 2.62. The van der Waals surface area contributed by atoms with Gasteiger partial charge in [-0.2, -0.15) is 0 Å². The lowest BCUT2D eigenvalue weighted by atomic mass is 10.1. The van der Waals surface area contributed by atoms with E-state index >= 15 is 0 Å². The Bertz CT molecular complexity index is 845. The minimum absolute atomic E-state index is 0.370. The third-order valence-electron chi connectivity index (χ3n) is 4.01. The standard InChI is InChI=1S/C22H22O3/c1-16(2)14-15-24-19-12-10-18(11-13-19)22(23)25-21-9-5-7-17-6-3-4-8-20(17)21/h3-13,16H,14-15H2,1-2H3. The van der Waals surface area contributed by atoms with Crippen LogP contribution in [0.2, 0.25) is 0 Å². The molecule has 0 aromatic heterocycles. The Balaban J connectivity index is 1.68. The minimum Gasteiger partial charge on any atom is -0.494 e. The van der Waals surface area contributed by atoms with Gasteiger partial charge in [-0.1, -0.05) is 50.2 Å². The monoisotopic (exact) mass is 334 g/mol. The van der Waals surface area contributed by atoms with E-state index in [1.807, 2.05) is 42.5 Å². The molecule has 3 aromatic carbocycles. The fourth-order valence-electron chi connectivity index (χ4n) is 2.54. The lowest BCUT2D eigenvalue weighted by Gasteiger charge is -2.10. The summed E-state index contributed by atoms with van der Waals surface area (Å²) < 4.78 is 11.3. The van der Waals surface area contributed by atoms with Crippen molar-refractivity contribution < 1.29 is 14.3 Å². The topological polar surface area (TPSA) is 35.5 Å². The number of carbonyl (C=O) groups excluding carboxylic acids is 1. The van der Waals surface area contributed by atoms with Crippen LogP contribution in [-0.4, -0.2) is 12.6 Å². The Morgan fingerprint density at radius 2 is 1.64 bits per heavy atom. The van der Waals surface area contributed by atoms with Gasteiger partial charge in [0.05, 0.1) is 12.2 Å². The molecule has 0 saturated heterocycles. The van der Waals surface area contributed by atoms with Crippen molar-refractivity contribution in [2.75, 3.05) is 6.61 Å². The van der Waals surface area contributed by atoms with E-state index in [0.29, 0.717) is 23.8 Å². The van der Waals surface area contributed by atoms with Gasteiger partial charge in [-0.3, -0.25) is 0 Å². The summed E-state index contributed by atoms with van der Waals surface area (Å²) in [7, 11) is 0. The number of carbonyl (C=O) groups is 1. The first-order valence-electron chi connectivity index (χ1n) is 8.56. The van der Waals surface area contributed by atoms with Gasteiger partial charge in [-0.15, -0.1) is 0 Å². The van der Waals surface area contributed by atoms with Crippen LogP contribution in [0.15, 0.2) is 66.7 Å². The lowest BCUT2D eigenvalue weighted by Crippen LogP contribution is -2.09. The normalized spacial score (nSPS) is 10.8. The van der Waals surface area contributed by atoms with Crippen LogP contribution in [0.3, 0.4) is 0 Å². The van der Waals surface area contributed by atoms with Crippen LogP contribution in [0.4, 0.5) is 0 Å². The molecule has 0 aliphatic heterocycles. The number of fused-ring (bicyclic) bond motifs is 1. The summed E-state index contributed by atoms with van der Waals surface area (Å²) in [5.41, 5.74) is 0.504. The zero-order valence-corrected chi connectivity index (χ0v) is 14.6. The smallest absolute Gasteiger partial charge is 0.343 e. The number of rotatable bonds is 6. The Morgan fingerprint density at radius 1 is 0.920 bits per heavy atom. The van der Waals surface area contributed by atoms with Gasteiger partial charge in [0.2, 0.25) is 0 Å². The van der Waals surface area contributed by atoms with Crippen LogP contribution in [0.5, 0.6) is 11.5 Å². The Morgan fingerprint density at radius 3 is 2.40 bits per heavy atom. The maximum Gasteiger partial charge on any atom is 0.343 e. The summed E-state index contributed by atoms with van der Waals surface area (Å²) >= 11 is 0. The first-order chi connectivity index (χ1) is 12.1. The second-order valence-electron chi connectivity index (χ2n) is 6.42. The fraction of sp³-hybridized carbons (Fsp3) is 0.227. The lowest BCUT2D eigenvalue weighted by molar-refractivity contribution is 0.0737. The van der Waals surface area contributed by atoms with Crippen LogP contribution in [-0.2, 0) is 0 Å². The molecule has 0 aliphatic carbocycles. The maximum absolute atomic E-state index is 12.4. The van der Waals surface area contributed by atoms with Crippen molar-refractivity contribution in [3.05, 3.63) is 72.3 Å². The van der Waals surface area contributed by atoms with Crippen LogP contribution in [0.1, 0.15) is 30.6 Å². The van der Waals surface area contributed by atoms with Gasteiger partial charge < -0.3 is 9.47 Å². The van der Waals surface area contributed by atoms with Crippen molar-refractivity contribution in [2.24, 2.45) is 5.92 Å². The van der Waals surface area contributed by atoms with E-state index in [9.17, 15) is 4.79 Å². The first-order valence-corrected chi connectivity index (χ1v) is 8.56. The zero-order valence-electron chi connectivity index (χ0n) is 14.6. The van der Waals surface area contributed by atoms with Gasteiger partial charge in [0.25, 0.3) is 0 Å². The molecule has 0 unspecified atom stereocenters. The molecule has 0 N–H and O–H groups in total. The summed E-state index contributed by atoms with van der Waals surface area (Å²) in [6, 6.07) is 20.6. The highest BCUT2D eigenvalue weighted by molar-refractivity contribution is 5.95. The van der Waals surface area contributed by atoms with Crippen LogP contribution >= 0.6 is 0 Å². The third kappa shape index (κ3) is 4.38. The Hall–Kier alpha value is -2.81. The van der Waals surface area contributed by atoms with E-state index in [4.69, 9.17) is 9.47 Å². The largest absolute Gasteiger partial charge is 0.494 e. The molecule has 3 heteroatoms. The second-order valence-corrected chi connectivity index (χ2v) is 6.42. The third-order valence-corrected chi connectivity index (χ3v) is 4.01. The van der Waals surface area contributed by atoms with Crippen molar-refractivity contribution in [3.8, 4) is 11.5 Å². The average molecular weight is 334 g/mol. The molecular weight excluding hydrogens is 312 g/mol. The highest BCUT2D eigenvalue weighted by Crippen LogP contribution is 2.26. The van der Waals surface area contributed by atoms with Crippen LogP contribution in [0.25, 0.3) is 10.8 Å². The zero-order chi connectivity index (χ0) is 17.6. The Kier molecular flexibility index (Phi) is 5.34. The van der Waals surface area contributed by atoms with Crippen molar-refractivity contribution in [1.29, 1.82) is 0 Å². The summed E-state index contributed by atoms with van der Waals surface area (Å²) in [6.07, 6.45) is 1.00. The van der Waals surface area contributed by atoms with Crippen LogP contribution < -0.4 is 9.47 Å². The molecule has 25 heavy (non-hydrogen) atoms. The highest BCUT2D eigenvalue weighted by atomic mass is 16.5. The van der Waals surface area contributed by atoms with Gasteiger partial charge in [-0.25, -0.2) is 4.79 Å². The summed E-state index contributed by atoms with van der Waals surface area (Å²) in [4.78, 5) is 12.4. The molecule has 3 rings (SSSR count). The second kappa shape index (κ2) is 7.84. The molecule has 128 valence electrons. The number of hydrogen-bond donors (Lipinski definition) is 0. The molecule has 3 nitrogen and oxygen atoms in total. The number of benzene rings is 3. The maximum atomic E-state index is 12.4. The molecule has 0 aliphatic rings. The van der Waals surface area contributed by atoms with E-state index in [1.54, 1.807) is 24.3 Å². The molecule has 0 fully saturated rings.